The molecule has 1 heterocycles. The average Bonchev–Trinajstić information content (AvgIpc) is 2.63. The predicted octanol–water partition coefficient (Wildman–Crippen LogP) is 0.544. The highest BCUT2D eigenvalue weighted by molar-refractivity contribution is 5.65. The molecule has 0 unspecified atom stereocenters. The van der Waals surface area contributed by atoms with Gasteiger partial charge in [-0.25, -0.2) is 4.79 Å². The lowest BCUT2D eigenvalue weighted by Crippen LogP contribution is -2.24. The van der Waals surface area contributed by atoms with Crippen molar-refractivity contribution in [3.63, 3.8) is 0 Å². The summed E-state index contributed by atoms with van der Waals surface area (Å²) in [6, 6.07) is 2.00. The fraction of sp³-hybridized carbons (Fsp3) is 0.500. The molecule has 1 aliphatic carbocycles. The van der Waals surface area contributed by atoms with Gasteiger partial charge >= 0.3 is 6.09 Å². The molecule has 0 aliphatic heterocycles. The molecule has 0 spiro atoms. The molecule has 2 N–H and O–H groups in total. The zero-order valence-electron chi connectivity index (χ0n) is 7.27. The van der Waals surface area contributed by atoms with E-state index in [1.54, 1.807) is 10.9 Å². The molecule has 1 aromatic rings. The third kappa shape index (κ3) is 1.49. The van der Waals surface area contributed by atoms with E-state index in [0.29, 0.717) is 5.92 Å². The summed E-state index contributed by atoms with van der Waals surface area (Å²) in [6.07, 6.45) is 1.66. The molecule has 0 aromatic carbocycles. The predicted molar refractivity (Wildman–Crippen MR) is 45.5 cm³/mol. The molecule has 70 valence electrons. The Morgan fingerprint density at radius 3 is 3.15 bits per heavy atom. The van der Waals surface area contributed by atoms with Crippen LogP contribution < -0.4 is 5.32 Å². The number of nitrogens with zero attached hydrogens (tertiary/aromatic N) is 2. The van der Waals surface area contributed by atoms with Crippen LogP contribution in [0, 0.1) is 0 Å². The van der Waals surface area contributed by atoms with Gasteiger partial charge in [-0.3, -0.25) is 4.68 Å². The Hall–Kier alpha value is -1.52. The molecule has 1 saturated carbocycles. The normalized spacial score (nSPS) is 25.6. The topological polar surface area (TPSA) is 67.2 Å². The molecular formula is C8H11N3O2. The van der Waals surface area contributed by atoms with E-state index in [2.05, 4.69) is 10.4 Å². The van der Waals surface area contributed by atoms with Crippen LogP contribution in [0.2, 0.25) is 0 Å². The number of hydrogen-bond acceptors (Lipinski definition) is 2. The minimum atomic E-state index is -0.949. The molecule has 1 aliphatic rings. The second kappa shape index (κ2) is 2.76. The standard InChI is InChI=1S/C8H11N3O2/c1-11-7(2-3-9-11)5-4-6(5)10-8(12)13/h2-3,5-6,10H,4H2,1H3,(H,12,13)/t5-,6-/m1/s1. The van der Waals surface area contributed by atoms with Gasteiger partial charge in [-0.05, 0) is 12.5 Å². The van der Waals surface area contributed by atoms with Crippen LogP contribution in [0.5, 0.6) is 0 Å². The molecule has 1 fully saturated rings. The summed E-state index contributed by atoms with van der Waals surface area (Å²) in [7, 11) is 1.87. The largest absolute Gasteiger partial charge is 0.465 e. The van der Waals surface area contributed by atoms with Crippen LogP contribution in [0.3, 0.4) is 0 Å². The third-order valence-electron chi connectivity index (χ3n) is 2.34. The van der Waals surface area contributed by atoms with Gasteiger partial charge < -0.3 is 10.4 Å². The SMILES string of the molecule is Cn1nccc1[C@@H]1C[C@H]1NC(=O)O. The molecule has 0 saturated heterocycles. The second-order valence-corrected chi connectivity index (χ2v) is 3.28. The summed E-state index contributed by atoms with van der Waals surface area (Å²) in [5.74, 6) is 0.309. The van der Waals surface area contributed by atoms with E-state index in [1.807, 2.05) is 13.1 Å². The Morgan fingerprint density at radius 2 is 2.62 bits per heavy atom. The number of carboxylic acid groups (broad SMARTS) is 1. The first-order valence-electron chi connectivity index (χ1n) is 4.16. The van der Waals surface area contributed by atoms with E-state index in [1.165, 1.54) is 0 Å². The molecule has 2 atom stereocenters. The fourth-order valence-corrected chi connectivity index (χ4v) is 1.59. The number of carbonyl (C=O) groups is 1. The van der Waals surface area contributed by atoms with Crippen molar-refractivity contribution in [3.05, 3.63) is 18.0 Å². The van der Waals surface area contributed by atoms with E-state index in [0.717, 1.165) is 12.1 Å². The average molecular weight is 181 g/mol. The molecule has 1 aromatic heterocycles. The van der Waals surface area contributed by atoms with Gasteiger partial charge in [-0.15, -0.1) is 0 Å². The van der Waals surface area contributed by atoms with Crippen molar-refractivity contribution in [1.29, 1.82) is 0 Å². The van der Waals surface area contributed by atoms with Crippen LogP contribution in [-0.2, 0) is 7.05 Å². The number of hydrogen-bond donors (Lipinski definition) is 2. The zero-order chi connectivity index (χ0) is 9.42. The Balaban J connectivity index is 2.00. The quantitative estimate of drug-likeness (QED) is 0.699. The van der Waals surface area contributed by atoms with Crippen molar-refractivity contribution in [3.8, 4) is 0 Å². The number of amides is 1. The molecule has 0 bridgehead atoms. The number of nitrogens with one attached hydrogen (secondary N) is 1. The summed E-state index contributed by atoms with van der Waals surface area (Å²) in [5, 5.41) is 15.0. The van der Waals surface area contributed by atoms with Crippen LogP contribution in [0.15, 0.2) is 12.3 Å². The molecular weight excluding hydrogens is 170 g/mol. The second-order valence-electron chi connectivity index (χ2n) is 3.28. The minimum absolute atomic E-state index is 0.0768. The number of aromatic nitrogens is 2. The van der Waals surface area contributed by atoms with E-state index in [4.69, 9.17) is 5.11 Å². The lowest BCUT2D eigenvalue weighted by atomic mass is 10.3. The Morgan fingerprint density at radius 1 is 1.85 bits per heavy atom. The van der Waals surface area contributed by atoms with Gasteiger partial charge in [0.2, 0.25) is 0 Å². The van der Waals surface area contributed by atoms with Crippen LogP contribution >= 0.6 is 0 Å². The van der Waals surface area contributed by atoms with Crippen molar-refractivity contribution in [2.75, 3.05) is 0 Å². The van der Waals surface area contributed by atoms with Crippen molar-refractivity contribution in [2.45, 2.75) is 18.4 Å². The van der Waals surface area contributed by atoms with Gasteiger partial charge in [0.1, 0.15) is 0 Å². The van der Waals surface area contributed by atoms with E-state index >= 15 is 0 Å². The van der Waals surface area contributed by atoms with Gasteiger partial charge in [0, 0.05) is 30.9 Å². The molecule has 5 nitrogen and oxygen atoms in total. The Kier molecular flexibility index (Phi) is 1.72. The molecule has 5 heteroatoms. The van der Waals surface area contributed by atoms with E-state index < -0.39 is 6.09 Å². The maximum atomic E-state index is 10.3. The first kappa shape index (κ1) is 8.10. The lowest BCUT2D eigenvalue weighted by molar-refractivity contribution is 0.193. The minimum Gasteiger partial charge on any atom is -0.465 e. The van der Waals surface area contributed by atoms with Crippen LogP contribution in [0.25, 0.3) is 0 Å². The summed E-state index contributed by atoms with van der Waals surface area (Å²) >= 11 is 0. The van der Waals surface area contributed by atoms with Gasteiger partial charge in [-0.1, -0.05) is 0 Å². The zero-order valence-corrected chi connectivity index (χ0v) is 7.27. The van der Waals surface area contributed by atoms with Gasteiger partial charge in [-0.2, -0.15) is 5.10 Å². The highest BCUT2D eigenvalue weighted by Gasteiger charge is 2.41. The van der Waals surface area contributed by atoms with Crippen LogP contribution in [0.1, 0.15) is 18.0 Å². The molecule has 13 heavy (non-hydrogen) atoms. The van der Waals surface area contributed by atoms with Gasteiger partial charge in [0.05, 0.1) is 0 Å². The smallest absolute Gasteiger partial charge is 0.404 e. The summed E-state index contributed by atoms with van der Waals surface area (Å²) < 4.78 is 1.79. The van der Waals surface area contributed by atoms with Crippen LogP contribution in [0.4, 0.5) is 4.79 Å². The fourth-order valence-electron chi connectivity index (χ4n) is 1.59. The highest BCUT2D eigenvalue weighted by atomic mass is 16.4. The van der Waals surface area contributed by atoms with Gasteiger partial charge in [0.15, 0.2) is 0 Å². The van der Waals surface area contributed by atoms with E-state index in [9.17, 15) is 4.79 Å². The first-order valence-corrected chi connectivity index (χ1v) is 4.16. The summed E-state index contributed by atoms with van der Waals surface area (Å²) in [4.78, 5) is 10.3. The monoisotopic (exact) mass is 181 g/mol. The first-order chi connectivity index (χ1) is 6.18. The van der Waals surface area contributed by atoms with E-state index in [-0.39, 0.29) is 6.04 Å². The number of aryl methyl sites for hydroxylation is 1. The number of rotatable bonds is 2. The Bertz CT molecular complexity index is 334. The van der Waals surface area contributed by atoms with Crippen molar-refractivity contribution in [1.82, 2.24) is 15.1 Å². The van der Waals surface area contributed by atoms with Crippen molar-refractivity contribution < 1.29 is 9.90 Å². The third-order valence-corrected chi connectivity index (χ3v) is 2.34. The van der Waals surface area contributed by atoms with Crippen LogP contribution in [-0.4, -0.2) is 27.0 Å². The van der Waals surface area contributed by atoms with Gasteiger partial charge in [0.25, 0.3) is 0 Å². The molecule has 0 radical (unpaired) electrons. The summed E-state index contributed by atoms with van der Waals surface area (Å²) in [6.45, 7) is 0. The van der Waals surface area contributed by atoms with Crippen molar-refractivity contribution >= 4 is 6.09 Å². The Labute approximate surface area is 75.4 Å². The maximum absolute atomic E-state index is 10.3. The summed E-state index contributed by atoms with van der Waals surface area (Å²) in [5.41, 5.74) is 1.10. The highest BCUT2D eigenvalue weighted by Crippen LogP contribution is 2.40. The lowest BCUT2D eigenvalue weighted by Gasteiger charge is -2.00. The molecule has 2 rings (SSSR count). The molecule has 1 amide bonds. The maximum Gasteiger partial charge on any atom is 0.404 e. The van der Waals surface area contributed by atoms with Crippen molar-refractivity contribution in [2.24, 2.45) is 7.05 Å².